The molecule has 2 atom stereocenters. The Morgan fingerprint density at radius 1 is 1.00 bits per heavy atom. The summed E-state index contributed by atoms with van der Waals surface area (Å²) >= 11 is 0. The van der Waals surface area contributed by atoms with Gasteiger partial charge in [-0.05, 0) is 23.4 Å². The number of aromatic nitrogens is 2. The Balaban J connectivity index is 1.14. The first-order chi connectivity index (χ1) is 23.2. The lowest BCUT2D eigenvalue weighted by molar-refractivity contribution is 0.0576. The summed E-state index contributed by atoms with van der Waals surface area (Å²) in [7, 11) is 0. The topological polar surface area (TPSA) is 116 Å². The van der Waals surface area contributed by atoms with E-state index in [-0.39, 0.29) is 25.1 Å². The van der Waals surface area contributed by atoms with Crippen molar-refractivity contribution >= 4 is 28.4 Å². The number of piperazine rings is 1. The summed E-state index contributed by atoms with van der Waals surface area (Å²) in [6.07, 6.45) is 0.542. The lowest BCUT2D eigenvalue weighted by Crippen LogP contribution is -2.55. The molecule has 2 unspecified atom stereocenters. The second kappa shape index (κ2) is 14.2. The van der Waals surface area contributed by atoms with Crippen LogP contribution in [0.2, 0.25) is 0 Å². The molecule has 1 aromatic heterocycles. The highest BCUT2D eigenvalue weighted by Gasteiger charge is 2.35. The SMILES string of the molecule is N#CCC1CN(c2nc(OCC3COCCN3)nc3c2CCN(c2cccc4ccccc24)C3)CCN1C(=O)OCc1ccccc1. The number of carbonyl (C=O) groups excluding carboxylic acids is 1. The molecule has 0 spiro atoms. The Morgan fingerprint density at radius 2 is 1.85 bits per heavy atom. The summed E-state index contributed by atoms with van der Waals surface area (Å²) in [6, 6.07) is 26.8. The molecule has 1 N–H and O–H groups in total. The van der Waals surface area contributed by atoms with Crippen molar-refractivity contribution in [1.29, 1.82) is 5.26 Å². The van der Waals surface area contributed by atoms with Gasteiger partial charge in [-0.25, -0.2) is 4.79 Å². The highest BCUT2D eigenvalue weighted by atomic mass is 16.6. The van der Waals surface area contributed by atoms with Gasteiger partial charge in [0.15, 0.2) is 0 Å². The van der Waals surface area contributed by atoms with E-state index in [0.29, 0.717) is 52.0 Å². The van der Waals surface area contributed by atoms with Crippen LogP contribution in [0.15, 0.2) is 72.8 Å². The number of hydrogen-bond acceptors (Lipinski definition) is 10. The third-order valence-electron chi connectivity index (χ3n) is 9.09. The van der Waals surface area contributed by atoms with Crippen LogP contribution in [0.25, 0.3) is 10.8 Å². The maximum absolute atomic E-state index is 13.2. The van der Waals surface area contributed by atoms with Crippen molar-refractivity contribution in [2.45, 2.75) is 38.1 Å². The van der Waals surface area contributed by atoms with Gasteiger partial charge in [-0.2, -0.15) is 15.2 Å². The monoisotopic (exact) mass is 633 g/mol. The van der Waals surface area contributed by atoms with E-state index < -0.39 is 6.09 Å². The van der Waals surface area contributed by atoms with E-state index >= 15 is 0 Å². The number of rotatable bonds is 8. The summed E-state index contributed by atoms with van der Waals surface area (Å²) in [6.45, 7) is 5.49. The molecule has 0 radical (unpaired) electrons. The first kappa shape index (κ1) is 30.7. The van der Waals surface area contributed by atoms with Gasteiger partial charge in [-0.1, -0.05) is 66.7 Å². The van der Waals surface area contributed by atoms with Gasteiger partial charge < -0.3 is 34.2 Å². The van der Waals surface area contributed by atoms with Crippen LogP contribution in [-0.2, 0) is 29.0 Å². The number of nitrogens with zero attached hydrogens (tertiary/aromatic N) is 6. The maximum atomic E-state index is 13.2. The highest BCUT2D eigenvalue weighted by Crippen LogP contribution is 2.35. The van der Waals surface area contributed by atoms with Gasteiger partial charge in [0.2, 0.25) is 0 Å². The summed E-state index contributed by atoms with van der Waals surface area (Å²) in [5.41, 5.74) is 4.11. The van der Waals surface area contributed by atoms with Gasteiger partial charge in [0, 0.05) is 49.4 Å². The van der Waals surface area contributed by atoms with Gasteiger partial charge in [0.05, 0.1) is 50.0 Å². The molecule has 0 aliphatic carbocycles. The molecule has 242 valence electrons. The fraction of sp³-hybridized carbons (Fsp3) is 0.389. The van der Waals surface area contributed by atoms with Crippen molar-refractivity contribution in [3.63, 3.8) is 0 Å². The van der Waals surface area contributed by atoms with Crippen molar-refractivity contribution in [3.8, 4) is 12.1 Å². The van der Waals surface area contributed by atoms with E-state index in [1.807, 2.05) is 30.3 Å². The number of nitrogens with one attached hydrogen (secondary N) is 1. The molecule has 4 heterocycles. The Kier molecular flexibility index (Phi) is 9.31. The first-order valence-electron chi connectivity index (χ1n) is 16.3. The maximum Gasteiger partial charge on any atom is 0.410 e. The minimum atomic E-state index is -0.407. The lowest BCUT2D eigenvalue weighted by Gasteiger charge is -2.42. The van der Waals surface area contributed by atoms with Crippen molar-refractivity contribution in [3.05, 3.63) is 89.6 Å². The third kappa shape index (κ3) is 6.94. The average Bonchev–Trinajstić information content (AvgIpc) is 3.13. The largest absolute Gasteiger partial charge is 0.462 e. The van der Waals surface area contributed by atoms with E-state index in [4.69, 9.17) is 24.2 Å². The van der Waals surface area contributed by atoms with Crippen molar-refractivity contribution in [1.82, 2.24) is 20.2 Å². The smallest absolute Gasteiger partial charge is 0.410 e. The zero-order valence-electron chi connectivity index (χ0n) is 26.4. The molecular weight excluding hydrogens is 594 g/mol. The normalized spacial score (nSPS) is 19.6. The van der Waals surface area contributed by atoms with Gasteiger partial charge in [-0.15, -0.1) is 0 Å². The molecule has 0 bridgehead atoms. The average molecular weight is 634 g/mol. The van der Waals surface area contributed by atoms with Crippen molar-refractivity contribution in [2.24, 2.45) is 0 Å². The van der Waals surface area contributed by atoms with E-state index in [1.54, 1.807) is 4.90 Å². The second-order valence-electron chi connectivity index (χ2n) is 12.2. The molecule has 0 saturated carbocycles. The zero-order valence-corrected chi connectivity index (χ0v) is 26.4. The lowest BCUT2D eigenvalue weighted by atomic mass is 10.0. The van der Waals surface area contributed by atoms with Gasteiger partial charge in [-0.3, -0.25) is 0 Å². The molecule has 3 aliphatic rings. The Morgan fingerprint density at radius 3 is 2.70 bits per heavy atom. The van der Waals surface area contributed by atoms with Crippen molar-refractivity contribution < 1.29 is 19.0 Å². The molecule has 47 heavy (non-hydrogen) atoms. The first-order valence-corrected chi connectivity index (χ1v) is 16.3. The van der Waals surface area contributed by atoms with E-state index in [9.17, 15) is 10.1 Å². The predicted molar refractivity (Wildman–Crippen MR) is 178 cm³/mol. The van der Waals surface area contributed by atoms with E-state index in [1.165, 1.54) is 16.5 Å². The minimum Gasteiger partial charge on any atom is -0.462 e. The van der Waals surface area contributed by atoms with Crippen LogP contribution >= 0.6 is 0 Å². The standard InChI is InChI=1S/C36H39N7O4/c37-15-13-29-21-42(18-19-43(29)36(44)47-23-26-7-2-1-3-8-26)34-31-14-17-41(33-12-6-10-27-9-4-5-11-30(27)33)22-32(31)39-35(40-34)46-25-28-24-45-20-16-38-28/h1-12,28-29,38H,13-14,16-25H2. The van der Waals surface area contributed by atoms with Crippen LogP contribution in [0.3, 0.4) is 0 Å². The number of fused-ring (bicyclic) bond motifs is 2. The number of benzene rings is 3. The minimum absolute atomic E-state index is 0.0597. The number of ether oxygens (including phenoxy) is 3. The van der Waals surface area contributed by atoms with E-state index in [2.05, 4.69) is 63.7 Å². The number of anilines is 2. The summed E-state index contributed by atoms with van der Waals surface area (Å²) < 4.78 is 17.5. The molecule has 3 aliphatic heterocycles. The van der Waals surface area contributed by atoms with Crippen LogP contribution in [-0.4, -0.2) is 85.6 Å². The van der Waals surface area contributed by atoms with Gasteiger partial charge in [0.25, 0.3) is 0 Å². The van der Waals surface area contributed by atoms with Gasteiger partial charge >= 0.3 is 12.1 Å². The van der Waals surface area contributed by atoms with Crippen LogP contribution in [0.1, 0.15) is 23.2 Å². The molecule has 2 saturated heterocycles. The Bertz CT molecular complexity index is 1740. The summed E-state index contributed by atoms with van der Waals surface area (Å²) in [4.78, 5) is 29.4. The highest BCUT2D eigenvalue weighted by molar-refractivity contribution is 5.94. The number of nitriles is 1. The summed E-state index contributed by atoms with van der Waals surface area (Å²) in [5, 5.41) is 15.6. The molecular formula is C36H39N7O4. The second-order valence-corrected chi connectivity index (χ2v) is 12.2. The number of morpholine rings is 1. The molecule has 4 aromatic rings. The van der Waals surface area contributed by atoms with E-state index in [0.717, 1.165) is 42.1 Å². The fourth-order valence-corrected chi connectivity index (χ4v) is 6.68. The predicted octanol–water partition coefficient (Wildman–Crippen LogP) is 4.30. The molecule has 1 amide bonds. The number of hydrogen-bond donors (Lipinski definition) is 1. The van der Waals surface area contributed by atoms with Crippen LogP contribution < -0.4 is 19.9 Å². The van der Waals surface area contributed by atoms with Crippen LogP contribution in [0.5, 0.6) is 6.01 Å². The fourth-order valence-electron chi connectivity index (χ4n) is 6.68. The third-order valence-corrected chi connectivity index (χ3v) is 9.09. The Hall–Kier alpha value is -4.92. The molecule has 2 fully saturated rings. The van der Waals surface area contributed by atoms with Crippen LogP contribution in [0, 0.1) is 11.3 Å². The molecule has 11 nitrogen and oxygen atoms in total. The molecule has 11 heteroatoms. The van der Waals surface area contributed by atoms with Gasteiger partial charge in [0.1, 0.15) is 19.0 Å². The van der Waals surface area contributed by atoms with Crippen LogP contribution in [0.4, 0.5) is 16.3 Å². The Labute approximate surface area is 274 Å². The molecule has 3 aromatic carbocycles. The molecule has 7 rings (SSSR count). The summed E-state index contributed by atoms with van der Waals surface area (Å²) in [5.74, 6) is 0.815. The number of amides is 1. The number of carbonyl (C=O) groups is 1. The zero-order chi connectivity index (χ0) is 32.0. The quantitative estimate of drug-likeness (QED) is 0.301. The van der Waals surface area contributed by atoms with Crippen molar-refractivity contribution in [2.75, 3.05) is 62.3 Å².